The summed E-state index contributed by atoms with van der Waals surface area (Å²) in [4.78, 5) is 22.1. The fraction of sp³-hybridized carbons (Fsp3) is 0.333. The van der Waals surface area contributed by atoms with Crippen LogP contribution in [0.15, 0.2) is 18.2 Å². The van der Waals surface area contributed by atoms with E-state index in [1.807, 2.05) is 24.4 Å². The van der Waals surface area contributed by atoms with Crippen molar-refractivity contribution < 1.29 is 14.3 Å². The molecule has 0 spiro atoms. The molecule has 0 bridgehead atoms. The van der Waals surface area contributed by atoms with E-state index in [2.05, 4.69) is 5.32 Å². The molecule has 6 heteroatoms. The Balaban J connectivity index is 2.72. The summed E-state index contributed by atoms with van der Waals surface area (Å²) >= 11 is 0. The fourth-order valence-corrected chi connectivity index (χ4v) is 1.45. The molecule has 0 aliphatic carbocycles. The third kappa shape index (κ3) is 3.65. The Kier molecular flexibility index (Phi) is 4.53. The van der Waals surface area contributed by atoms with E-state index < -0.39 is 18.0 Å². The van der Waals surface area contributed by atoms with Crippen molar-refractivity contribution in [2.75, 3.05) is 12.4 Å². The van der Waals surface area contributed by atoms with Crippen LogP contribution in [0, 0.1) is 6.92 Å². The summed E-state index contributed by atoms with van der Waals surface area (Å²) in [6, 6.07) is 4.02. The lowest BCUT2D eigenvalue weighted by molar-refractivity contribution is -0.120. The van der Waals surface area contributed by atoms with Gasteiger partial charge in [-0.05, 0) is 37.6 Å². The van der Waals surface area contributed by atoms with Gasteiger partial charge in [-0.25, -0.2) is 4.79 Å². The predicted molar refractivity (Wildman–Crippen MR) is 68.5 cm³/mol. The number of carbonyl (C=O) groups is 2. The van der Waals surface area contributed by atoms with Crippen LogP contribution in [0.5, 0.6) is 5.75 Å². The third-order valence-electron chi connectivity index (χ3n) is 2.45. The quantitative estimate of drug-likeness (QED) is 0.744. The lowest BCUT2D eigenvalue weighted by atomic mass is 10.1. The Morgan fingerprint density at radius 3 is 2.56 bits per heavy atom. The van der Waals surface area contributed by atoms with Crippen LogP contribution >= 0.6 is 0 Å². The molecule has 0 saturated carbocycles. The number of rotatable bonds is 4. The zero-order chi connectivity index (χ0) is 13.7. The number of amides is 3. The van der Waals surface area contributed by atoms with Crippen LogP contribution in [0.4, 0.5) is 10.5 Å². The first-order valence-corrected chi connectivity index (χ1v) is 5.45. The van der Waals surface area contributed by atoms with Crippen molar-refractivity contribution in [2.24, 2.45) is 5.73 Å². The van der Waals surface area contributed by atoms with Crippen molar-refractivity contribution in [3.05, 3.63) is 23.8 Å². The van der Waals surface area contributed by atoms with Gasteiger partial charge in [-0.15, -0.1) is 0 Å². The van der Waals surface area contributed by atoms with Crippen LogP contribution in [0.25, 0.3) is 0 Å². The van der Waals surface area contributed by atoms with E-state index in [1.54, 1.807) is 20.1 Å². The number of nitrogens with one attached hydrogen (secondary N) is 2. The molecule has 1 unspecified atom stereocenters. The van der Waals surface area contributed by atoms with E-state index in [-0.39, 0.29) is 0 Å². The molecule has 18 heavy (non-hydrogen) atoms. The van der Waals surface area contributed by atoms with Gasteiger partial charge in [-0.3, -0.25) is 10.1 Å². The Labute approximate surface area is 105 Å². The standard InChI is InChI=1S/C12H17N3O3/c1-7-6-9(18-3)4-5-10(7)14-8(2)11(16)15-12(13)17/h4-6,8,14H,1-3H3,(H3,13,15,16,17). The molecule has 1 atom stereocenters. The molecule has 0 fully saturated rings. The Hall–Kier alpha value is -2.24. The number of methoxy groups -OCH3 is 1. The van der Waals surface area contributed by atoms with E-state index in [9.17, 15) is 9.59 Å². The van der Waals surface area contributed by atoms with Crippen molar-refractivity contribution in [3.63, 3.8) is 0 Å². The zero-order valence-corrected chi connectivity index (χ0v) is 10.6. The minimum atomic E-state index is -0.861. The first kappa shape index (κ1) is 13.8. The van der Waals surface area contributed by atoms with Crippen LogP contribution in [-0.2, 0) is 4.79 Å². The van der Waals surface area contributed by atoms with Crippen LogP contribution in [0.3, 0.4) is 0 Å². The molecular formula is C12H17N3O3. The number of urea groups is 1. The highest BCUT2D eigenvalue weighted by Gasteiger charge is 2.14. The van der Waals surface area contributed by atoms with Gasteiger partial charge in [-0.1, -0.05) is 0 Å². The average molecular weight is 251 g/mol. The van der Waals surface area contributed by atoms with Crippen molar-refractivity contribution in [1.82, 2.24) is 5.32 Å². The topological polar surface area (TPSA) is 93.4 Å². The highest BCUT2D eigenvalue weighted by molar-refractivity contribution is 5.97. The fourth-order valence-electron chi connectivity index (χ4n) is 1.45. The van der Waals surface area contributed by atoms with E-state index in [0.717, 1.165) is 17.0 Å². The molecule has 0 saturated heterocycles. The molecule has 1 aromatic rings. The number of hydrogen-bond donors (Lipinski definition) is 3. The SMILES string of the molecule is COc1ccc(NC(C)C(=O)NC(N)=O)c(C)c1. The predicted octanol–water partition coefficient (Wildman–Crippen LogP) is 0.999. The average Bonchev–Trinajstić information content (AvgIpc) is 2.30. The van der Waals surface area contributed by atoms with E-state index in [1.165, 1.54) is 0 Å². The Bertz CT molecular complexity index is 460. The molecule has 1 rings (SSSR count). The van der Waals surface area contributed by atoms with Gasteiger partial charge in [0, 0.05) is 5.69 Å². The molecule has 6 nitrogen and oxygen atoms in total. The molecule has 0 aliphatic heterocycles. The number of ether oxygens (including phenoxy) is 1. The molecule has 3 amide bonds. The molecule has 98 valence electrons. The normalized spacial score (nSPS) is 11.5. The van der Waals surface area contributed by atoms with Gasteiger partial charge in [0.15, 0.2) is 0 Å². The number of primary amides is 1. The molecule has 0 aromatic heterocycles. The Morgan fingerprint density at radius 1 is 1.39 bits per heavy atom. The van der Waals surface area contributed by atoms with Crippen LogP contribution < -0.4 is 21.1 Å². The summed E-state index contributed by atoms with van der Waals surface area (Å²) in [5.74, 6) is 0.269. The van der Waals surface area contributed by atoms with E-state index in [0.29, 0.717) is 0 Å². The van der Waals surface area contributed by atoms with Gasteiger partial charge in [0.05, 0.1) is 7.11 Å². The summed E-state index contributed by atoms with van der Waals surface area (Å²) in [6.45, 7) is 3.53. The number of carbonyl (C=O) groups excluding carboxylic acids is 2. The zero-order valence-electron chi connectivity index (χ0n) is 10.6. The molecule has 0 radical (unpaired) electrons. The molecule has 1 aromatic carbocycles. The first-order valence-electron chi connectivity index (χ1n) is 5.45. The largest absolute Gasteiger partial charge is 0.497 e. The first-order chi connectivity index (χ1) is 8.43. The molecule has 4 N–H and O–H groups in total. The maximum atomic E-state index is 11.5. The summed E-state index contributed by atoms with van der Waals surface area (Å²) < 4.78 is 5.09. The molecular weight excluding hydrogens is 234 g/mol. The smallest absolute Gasteiger partial charge is 0.318 e. The minimum Gasteiger partial charge on any atom is -0.497 e. The summed E-state index contributed by atoms with van der Waals surface area (Å²) in [6.07, 6.45) is 0. The van der Waals surface area contributed by atoms with E-state index >= 15 is 0 Å². The van der Waals surface area contributed by atoms with Crippen molar-refractivity contribution in [2.45, 2.75) is 19.9 Å². The van der Waals surface area contributed by atoms with Crippen LogP contribution in [0.1, 0.15) is 12.5 Å². The number of anilines is 1. The third-order valence-corrected chi connectivity index (χ3v) is 2.45. The highest BCUT2D eigenvalue weighted by Crippen LogP contribution is 2.21. The van der Waals surface area contributed by atoms with Crippen molar-refractivity contribution in [1.29, 1.82) is 0 Å². The monoisotopic (exact) mass is 251 g/mol. The van der Waals surface area contributed by atoms with Gasteiger partial charge in [0.1, 0.15) is 11.8 Å². The lowest BCUT2D eigenvalue weighted by Gasteiger charge is -2.16. The minimum absolute atomic E-state index is 0.474. The lowest BCUT2D eigenvalue weighted by Crippen LogP contribution is -2.43. The number of aryl methyl sites for hydroxylation is 1. The van der Waals surface area contributed by atoms with Gasteiger partial charge < -0.3 is 15.8 Å². The molecule has 0 heterocycles. The number of nitrogens with two attached hydrogens (primary N) is 1. The van der Waals surface area contributed by atoms with Crippen molar-refractivity contribution >= 4 is 17.6 Å². The van der Waals surface area contributed by atoms with Crippen LogP contribution in [0.2, 0.25) is 0 Å². The van der Waals surface area contributed by atoms with Gasteiger partial charge in [0.2, 0.25) is 5.91 Å². The maximum Gasteiger partial charge on any atom is 0.318 e. The van der Waals surface area contributed by atoms with Crippen molar-refractivity contribution in [3.8, 4) is 5.75 Å². The van der Waals surface area contributed by atoms with Gasteiger partial charge >= 0.3 is 6.03 Å². The van der Waals surface area contributed by atoms with Crippen LogP contribution in [-0.4, -0.2) is 25.1 Å². The number of benzene rings is 1. The van der Waals surface area contributed by atoms with Gasteiger partial charge in [0.25, 0.3) is 0 Å². The second-order valence-corrected chi connectivity index (χ2v) is 3.90. The molecule has 0 aliphatic rings. The maximum absolute atomic E-state index is 11.5. The number of imide groups is 1. The second kappa shape index (κ2) is 5.90. The Morgan fingerprint density at radius 2 is 2.06 bits per heavy atom. The van der Waals surface area contributed by atoms with Gasteiger partial charge in [-0.2, -0.15) is 0 Å². The summed E-state index contributed by atoms with van der Waals surface area (Å²) in [7, 11) is 1.59. The van der Waals surface area contributed by atoms with E-state index in [4.69, 9.17) is 10.5 Å². The summed E-state index contributed by atoms with van der Waals surface area (Å²) in [5, 5.41) is 5.01. The number of hydrogen-bond acceptors (Lipinski definition) is 4. The summed E-state index contributed by atoms with van der Waals surface area (Å²) in [5.41, 5.74) is 6.61. The highest BCUT2D eigenvalue weighted by atomic mass is 16.5. The second-order valence-electron chi connectivity index (χ2n) is 3.90.